The Morgan fingerprint density at radius 2 is 1.79 bits per heavy atom. The van der Waals surface area contributed by atoms with Gasteiger partial charge in [-0.25, -0.2) is 13.8 Å². The Morgan fingerprint density at radius 1 is 1.10 bits per heavy atom. The van der Waals surface area contributed by atoms with Crippen molar-refractivity contribution in [3.63, 3.8) is 0 Å². The number of carbonyl (C=O) groups excluding carboxylic acids is 1. The highest BCUT2D eigenvalue weighted by Crippen LogP contribution is 2.32. The van der Waals surface area contributed by atoms with Crippen LogP contribution in [-0.4, -0.2) is 48.2 Å². The maximum Gasteiger partial charge on any atom is 0.260 e. The molecule has 4 nitrogen and oxygen atoms in total. The van der Waals surface area contributed by atoms with Gasteiger partial charge in [0.15, 0.2) is 10.9 Å². The average molecular weight is 436 g/mol. The molecule has 0 atom stereocenters. The van der Waals surface area contributed by atoms with E-state index in [1.807, 2.05) is 18.4 Å². The predicted molar refractivity (Wildman–Crippen MR) is 117 cm³/mol. The second-order valence-electron chi connectivity index (χ2n) is 6.44. The molecular formula is C21H23F2N3OS2. The van der Waals surface area contributed by atoms with Crippen molar-refractivity contribution in [3.8, 4) is 0 Å². The van der Waals surface area contributed by atoms with Gasteiger partial charge in [0.1, 0.15) is 11.3 Å². The predicted octanol–water partition coefficient (Wildman–Crippen LogP) is 5.29. The van der Waals surface area contributed by atoms with Crippen LogP contribution in [0.2, 0.25) is 0 Å². The Balaban J connectivity index is 1.97. The lowest BCUT2D eigenvalue weighted by atomic mass is 10.2. The molecule has 1 heterocycles. The molecule has 2 aromatic carbocycles. The van der Waals surface area contributed by atoms with Gasteiger partial charge < -0.3 is 4.90 Å². The third kappa shape index (κ3) is 4.94. The number of nitrogens with zero attached hydrogens (tertiary/aromatic N) is 3. The van der Waals surface area contributed by atoms with Gasteiger partial charge in [-0.2, -0.15) is 0 Å². The topological polar surface area (TPSA) is 36.4 Å². The number of benzene rings is 2. The number of halogens is 2. The summed E-state index contributed by atoms with van der Waals surface area (Å²) in [6.45, 7) is 6.92. The molecule has 29 heavy (non-hydrogen) atoms. The minimum Gasteiger partial charge on any atom is -0.302 e. The molecule has 1 aromatic heterocycles. The lowest BCUT2D eigenvalue weighted by Gasteiger charge is -2.24. The van der Waals surface area contributed by atoms with E-state index in [1.165, 1.54) is 6.07 Å². The summed E-state index contributed by atoms with van der Waals surface area (Å²) in [6, 6.07) is 9.43. The summed E-state index contributed by atoms with van der Waals surface area (Å²) in [5, 5.41) is 0.371. The van der Waals surface area contributed by atoms with E-state index in [2.05, 4.69) is 23.7 Å². The molecule has 0 unspecified atom stereocenters. The number of amides is 1. The van der Waals surface area contributed by atoms with Crippen LogP contribution in [0.1, 0.15) is 24.2 Å². The van der Waals surface area contributed by atoms with Crippen molar-refractivity contribution in [1.29, 1.82) is 0 Å². The van der Waals surface area contributed by atoms with E-state index in [1.54, 1.807) is 28.8 Å². The van der Waals surface area contributed by atoms with E-state index in [4.69, 9.17) is 0 Å². The zero-order valence-corrected chi connectivity index (χ0v) is 18.2. The van der Waals surface area contributed by atoms with E-state index in [9.17, 15) is 13.6 Å². The van der Waals surface area contributed by atoms with Crippen LogP contribution in [0, 0.1) is 11.6 Å². The number of likely N-dealkylation sites (N-methyl/N-ethyl adjacent to an activating group) is 1. The Hall–Kier alpha value is -2.03. The van der Waals surface area contributed by atoms with Crippen LogP contribution in [-0.2, 0) is 0 Å². The van der Waals surface area contributed by atoms with Crippen LogP contribution in [0.4, 0.5) is 13.9 Å². The second-order valence-corrected chi connectivity index (χ2v) is 8.33. The fourth-order valence-electron chi connectivity index (χ4n) is 3.02. The number of thiazole rings is 1. The van der Waals surface area contributed by atoms with Crippen LogP contribution in [0.5, 0.6) is 0 Å². The molecule has 0 aliphatic heterocycles. The monoisotopic (exact) mass is 435 g/mol. The van der Waals surface area contributed by atoms with Gasteiger partial charge in [-0.15, -0.1) is 11.8 Å². The summed E-state index contributed by atoms with van der Waals surface area (Å²) in [5.74, 6) is -1.58. The number of aromatic nitrogens is 1. The zero-order chi connectivity index (χ0) is 21.0. The van der Waals surface area contributed by atoms with Crippen LogP contribution < -0.4 is 4.90 Å². The molecule has 0 aliphatic rings. The fourth-order valence-corrected chi connectivity index (χ4v) is 4.45. The fraction of sp³-hybridized carbons (Fsp3) is 0.333. The molecule has 0 saturated carbocycles. The highest BCUT2D eigenvalue weighted by Gasteiger charge is 2.23. The summed E-state index contributed by atoms with van der Waals surface area (Å²) in [5.41, 5.74) is 0.623. The van der Waals surface area contributed by atoms with Crippen molar-refractivity contribution in [2.24, 2.45) is 0 Å². The van der Waals surface area contributed by atoms with Gasteiger partial charge in [0.25, 0.3) is 5.91 Å². The number of hydrogen-bond donors (Lipinski definition) is 0. The number of hydrogen-bond acceptors (Lipinski definition) is 5. The van der Waals surface area contributed by atoms with Gasteiger partial charge in [-0.05, 0) is 49.7 Å². The lowest BCUT2D eigenvalue weighted by molar-refractivity contribution is 0.0983. The molecule has 0 fully saturated rings. The molecule has 3 rings (SSSR count). The average Bonchev–Trinajstić information content (AvgIpc) is 3.15. The second kappa shape index (κ2) is 9.65. The molecule has 0 bridgehead atoms. The quantitative estimate of drug-likeness (QED) is 0.451. The summed E-state index contributed by atoms with van der Waals surface area (Å²) < 4.78 is 28.1. The first-order chi connectivity index (χ1) is 14.0. The van der Waals surface area contributed by atoms with E-state index in [-0.39, 0.29) is 11.4 Å². The van der Waals surface area contributed by atoms with E-state index < -0.39 is 11.6 Å². The Morgan fingerprint density at radius 3 is 2.41 bits per heavy atom. The third-order valence-electron chi connectivity index (χ3n) is 4.75. The Kier molecular flexibility index (Phi) is 7.21. The molecular weight excluding hydrogens is 412 g/mol. The SMILES string of the molecule is CCN(CC)CCN(C(=O)c1ccc(SC)cc1)c1nc2c(F)cc(F)cc2s1. The number of carbonyl (C=O) groups is 1. The van der Waals surface area contributed by atoms with Crippen LogP contribution in [0.3, 0.4) is 0 Å². The number of thioether (sulfide) groups is 1. The zero-order valence-electron chi connectivity index (χ0n) is 16.6. The van der Waals surface area contributed by atoms with Crippen LogP contribution >= 0.6 is 23.1 Å². The summed E-state index contributed by atoms with van der Waals surface area (Å²) in [7, 11) is 0. The molecule has 0 aliphatic carbocycles. The number of rotatable bonds is 8. The molecule has 0 N–H and O–H groups in total. The summed E-state index contributed by atoms with van der Waals surface area (Å²) >= 11 is 2.72. The molecule has 0 spiro atoms. The van der Waals surface area contributed by atoms with Crippen LogP contribution in [0.25, 0.3) is 10.2 Å². The van der Waals surface area contributed by atoms with Gasteiger partial charge in [-0.3, -0.25) is 9.69 Å². The first-order valence-electron chi connectivity index (χ1n) is 9.40. The van der Waals surface area contributed by atoms with E-state index in [0.29, 0.717) is 28.5 Å². The summed E-state index contributed by atoms with van der Waals surface area (Å²) in [4.78, 5) is 22.4. The largest absolute Gasteiger partial charge is 0.302 e. The van der Waals surface area contributed by atoms with Crippen molar-refractivity contribution in [1.82, 2.24) is 9.88 Å². The first kappa shape index (κ1) is 21.7. The van der Waals surface area contributed by atoms with Gasteiger partial charge in [0, 0.05) is 29.6 Å². The van der Waals surface area contributed by atoms with Gasteiger partial charge in [-0.1, -0.05) is 25.2 Å². The van der Waals surface area contributed by atoms with Crippen molar-refractivity contribution >= 4 is 44.4 Å². The van der Waals surface area contributed by atoms with Crippen molar-refractivity contribution < 1.29 is 13.6 Å². The smallest absolute Gasteiger partial charge is 0.260 e. The molecule has 154 valence electrons. The van der Waals surface area contributed by atoms with Crippen molar-refractivity contribution in [2.45, 2.75) is 18.7 Å². The maximum atomic E-state index is 14.1. The minimum atomic E-state index is -0.719. The minimum absolute atomic E-state index is 0.0878. The lowest BCUT2D eigenvalue weighted by Crippen LogP contribution is -2.38. The number of anilines is 1. The van der Waals surface area contributed by atoms with Gasteiger partial charge in [0.2, 0.25) is 0 Å². The Labute approximate surface area is 177 Å². The standard InChI is InChI=1S/C21H23F2N3OS2/c1-4-25(5-2)10-11-26(20(27)14-6-8-16(28-3)9-7-14)21-24-19-17(23)12-15(22)13-18(19)29-21/h6-9,12-13H,4-5,10-11H2,1-3H3. The third-order valence-corrected chi connectivity index (χ3v) is 6.52. The maximum absolute atomic E-state index is 14.1. The normalized spacial score (nSPS) is 11.4. The van der Waals surface area contributed by atoms with Crippen molar-refractivity contribution in [3.05, 3.63) is 53.6 Å². The molecule has 0 radical (unpaired) electrons. The first-order valence-corrected chi connectivity index (χ1v) is 11.4. The molecule has 0 saturated heterocycles. The van der Waals surface area contributed by atoms with Gasteiger partial charge in [0.05, 0.1) is 4.70 Å². The van der Waals surface area contributed by atoms with E-state index in [0.717, 1.165) is 35.4 Å². The summed E-state index contributed by atoms with van der Waals surface area (Å²) in [6.07, 6.45) is 1.97. The highest BCUT2D eigenvalue weighted by molar-refractivity contribution is 7.98. The van der Waals surface area contributed by atoms with E-state index >= 15 is 0 Å². The van der Waals surface area contributed by atoms with Gasteiger partial charge >= 0.3 is 0 Å². The molecule has 3 aromatic rings. The Bertz CT molecular complexity index is 988. The van der Waals surface area contributed by atoms with Crippen molar-refractivity contribution in [2.75, 3.05) is 37.3 Å². The molecule has 1 amide bonds. The molecule has 8 heteroatoms. The highest BCUT2D eigenvalue weighted by atomic mass is 32.2. The van der Waals surface area contributed by atoms with Crippen LogP contribution in [0.15, 0.2) is 41.3 Å². The number of fused-ring (bicyclic) bond motifs is 1.